The van der Waals surface area contributed by atoms with Crippen molar-refractivity contribution in [3.05, 3.63) is 0 Å². The van der Waals surface area contributed by atoms with Gasteiger partial charge < -0.3 is 10.0 Å². The lowest BCUT2D eigenvalue weighted by atomic mass is 10.0. The standard InChI is InChI=1S/C8H17NO2.C2H6/c1-5-7(6(2)3)9(4)8(10)11;1-2/h6-7H,5H2,1-4H3,(H,10,11);1-2H3. The Labute approximate surface area is 81.7 Å². The van der Waals surface area contributed by atoms with Gasteiger partial charge >= 0.3 is 6.09 Å². The smallest absolute Gasteiger partial charge is 0.407 e. The van der Waals surface area contributed by atoms with Gasteiger partial charge in [0.25, 0.3) is 0 Å². The van der Waals surface area contributed by atoms with Gasteiger partial charge in [-0.05, 0) is 12.3 Å². The van der Waals surface area contributed by atoms with E-state index >= 15 is 0 Å². The molecule has 0 aliphatic rings. The van der Waals surface area contributed by atoms with E-state index in [4.69, 9.17) is 5.11 Å². The van der Waals surface area contributed by atoms with Crippen LogP contribution in [0.1, 0.15) is 41.0 Å². The fourth-order valence-electron chi connectivity index (χ4n) is 1.33. The minimum atomic E-state index is -0.842. The predicted molar refractivity (Wildman–Crippen MR) is 56.1 cm³/mol. The highest BCUT2D eigenvalue weighted by atomic mass is 16.4. The molecule has 0 aromatic heterocycles. The van der Waals surface area contributed by atoms with Crippen molar-refractivity contribution in [3.63, 3.8) is 0 Å². The fraction of sp³-hybridized carbons (Fsp3) is 0.900. The third-order valence-electron chi connectivity index (χ3n) is 1.99. The number of hydrogen-bond acceptors (Lipinski definition) is 1. The van der Waals surface area contributed by atoms with Crippen molar-refractivity contribution < 1.29 is 9.90 Å². The van der Waals surface area contributed by atoms with Crippen molar-refractivity contribution in [1.82, 2.24) is 4.90 Å². The topological polar surface area (TPSA) is 40.5 Å². The largest absolute Gasteiger partial charge is 0.465 e. The van der Waals surface area contributed by atoms with Crippen molar-refractivity contribution in [1.29, 1.82) is 0 Å². The molecule has 1 amide bonds. The minimum Gasteiger partial charge on any atom is -0.465 e. The summed E-state index contributed by atoms with van der Waals surface area (Å²) in [6, 6.07) is 0.146. The van der Waals surface area contributed by atoms with Crippen LogP contribution in [-0.4, -0.2) is 29.2 Å². The number of hydrogen-bond donors (Lipinski definition) is 1. The van der Waals surface area contributed by atoms with Crippen molar-refractivity contribution in [2.45, 2.75) is 47.1 Å². The van der Waals surface area contributed by atoms with E-state index in [-0.39, 0.29) is 6.04 Å². The lowest BCUT2D eigenvalue weighted by Crippen LogP contribution is -2.38. The van der Waals surface area contributed by atoms with E-state index in [1.807, 2.05) is 34.6 Å². The lowest BCUT2D eigenvalue weighted by Gasteiger charge is -2.27. The molecule has 1 unspecified atom stereocenters. The predicted octanol–water partition coefficient (Wildman–Crippen LogP) is 3.06. The first-order valence-electron chi connectivity index (χ1n) is 4.96. The summed E-state index contributed by atoms with van der Waals surface area (Å²) in [5.41, 5.74) is 0. The zero-order chi connectivity index (χ0) is 11.0. The molecule has 0 saturated heterocycles. The molecular weight excluding hydrogens is 166 g/mol. The summed E-state index contributed by atoms with van der Waals surface area (Å²) in [7, 11) is 1.62. The summed E-state index contributed by atoms with van der Waals surface area (Å²) in [4.78, 5) is 11.9. The van der Waals surface area contributed by atoms with Gasteiger partial charge in [-0.2, -0.15) is 0 Å². The first kappa shape index (κ1) is 14.8. The van der Waals surface area contributed by atoms with Gasteiger partial charge in [-0.1, -0.05) is 34.6 Å². The van der Waals surface area contributed by atoms with Crippen LogP contribution in [0.15, 0.2) is 0 Å². The van der Waals surface area contributed by atoms with E-state index in [1.165, 1.54) is 4.90 Å². The Bertz CT molecular complexity index is 135. The number of nitrogens with zero attached hydrogens (tertiary/aromatic N) is 1. The molecule has 0 heterocycles. The molecular formula is C10H23NO2. The van der Waals surface area contributed by atoms with Gasteiger partial charge in [0.1, 0.15) is 0 Å². The molecule has 0 radical (unpaired) electrons. The van der Waals surface area contributed by atoms with Crippen LogP contribution in [0.25, 0.3) is 0 Å². The maximum atomic E-state index is 10.5. The summed E-state index contributed by atoms with van der Waals surface area (Å²) >= 11 is 0. The highest BCUT2D eigenvalue weighted by Crippen LogP contribution is 2.12. The molecule has 0 aliphatic carbocycles. The van der Waals surface area contributed by atoms with Crippen molar-refractivity contribution >= 4 is 6.09 Å². The van der Waals surface area contributed by atoms with Gasteiger partial charge in [-0.25, -0.2) is 4.79 Å². The SMILES string of the molecule is CC.CCC(C(C)C)N(C)C(=O)O. The molecule has 0 aliphatic heterocycles. The van der Waals surface area contributed by atoms with Gasteiger partial charge in [0.05, 0.1) is 0 Å². The molecule has 3 heteroatoms. The van der Waals surface area contributed by atoms with E-state index in [0.29, 0.717) is 5.92 Å². The Hall–Kier alpha value is -0.730. The summed E-state index contributed by atoms with van der Waals surface area (Å²) in [6.45, 7) is 10.1. The average Bonchev–Trinajstić information content (AvgIpc) is 2.08. The second-order valence-electron chi connectivity index (χ2n) is 3.11. The van der Waals surface area contributed by atoms with Gasteiger partial charge in [0.2, 0.25) is 0 Å². The van der Waals surface area contributed by atoms with Gasteiger partial charge in [0.15, 0.2) is 0 Å². The number of carbonyl (C=O) groups is 1. The zero-order valence-corrected chi connectivity index (χ0v) is 9.66. The van der Waals surface area contributed by atoms with Crippen LogP contribution in [0.4, 0.5) is 4.79 Å². The van der Waals surface area contributed by atoms with Gasteiger partial charge in [-0.3, -0.25) is 0 Å². The molecule has 0 rings (SSSR count). The molecule has 0 aromatic rings. The van der Waals surface area contributed by atoms with Crippen molar-refractivity contribution in [2.24, 2.45) is 5.92 Å². The van der Waals surface area contributed by atoms with Crippen molar-refractivity contribution in [3.8, 4) is 0 Å². The zero-order valence-electron chi connectivity index (χ0n) is 9.66. The first-order chi connectivity index (χ1) is 6.00. The van der Waals surface area contributed by atoms with E-state index in [9.17, 15) is 4.79 Å². The number of amides is 1. The Kier molecular flexibility index (Phi) is 8.97. The molecule has 0 fully saturated rings. The Morgan fingerprint density at radius 2 is 1.77 bits per heavy atom. The summed E-state index contributed by atoms with van der Waals surface area (Å²) in [5.74, 6) is 0.390. The highest BCUT2D eigenvalue weighted by Gasteiger charge is 2.19. The minimum absolute atomic E-state index is 0.146. The second kappa shape index (κ2) is 7.90. The quantitative estimate of drug-likeness (QED) is 0.741. The molecule has 0 saturated carbocycles. The van der Waals surface area contributed by atoms with Gasteiger partial charge in [0, 0.05) is 13.1 Å². The maximum absolute atomic E-state index is 10.5. The average molecular weight is 189 g/mol. The number of carboxylic acid groups (broad SMARTS) is 1. The fourth-order valence-corrected chi connectivity index (χ4v) is 1.33. The van der Waals surface area contributed by atoms with Crippen LogP contribution in [0.3, 0.4) is 0 Å². The Morgan fingerprint density at radius 1 is 1.38 bits per heavy atom. The third-order valence-corrected chi connectivity index (χ3v) is 1.99. The third kappa shape index (κ3) is 5.50. The Balaban J connectivity index is 0. The summed E-state index contributed by atoms with van der Waals surface area (Å²) in [6.07, 6.45) is 0.0334. The molecule has 80 valence electrons. The molecule has 13 heavy (non-hydrogen) atoms. The lowest BCUT2D eigenvalue weighted by molar-refractivity contribution is 0.124. The van der Waals surface area contributed by atoms with Crippen LogP contribution in [-0.2, 0) is 0 Å². The van der Waals surface area contributed by atoms with Crippen LogP contribution in [0, 0.1) is 5.92 Å². The van der Waals surface area contributed by atoms with E-state index < -0.39 is 6.09 Å². The van der Waals surface area contributed by atoms with Crippen LogP contribution >= 0.6 is 0 Å². The summed E-state index contributed by atoms with van der Waals surface area (Å²) in [5, 5.41) is 8.66. The monoisotopic (exact) mass is 189 g/mol. The number of rotatable bonds is 3. The van der Waals surface area contributed by atoms with Crippen molar-refractivity contribution in [2.75, 3.05) is 7.05 Å². The van der Waals surface area contributed by atoms with E-state index in [1.54, 1.807) is 7.05 Å². The van der Waals surface area contributed by atoms with E-state index in [0.717, 1.165) is 6.42 Å². The van der Waals surface area contributed by atoms with Gasteiger partial charge in [-0.15, -0.1) is 0 Å². The van der Waals surface area contributed by atoms with Crippen LogP contribution in [0.2, 0.25) is 0 Å². The van der Waals surface area contributed by atoms with Crippen LogP contribution < -0.4 is 0 Å². The summed E-state index contributed by atoms with van der Waals surface area (Å²) < 4.78 is 0. The Morgan fingerprint density at radius 3 is 1.85 bits per heavy atom. The van der Waals surface area contributed by atoms with E-state index in [2.05, 4.69) is 0 Å². The first-order valence-corrected chi connectivity index (χ1v) is 4.96. The van der Waals surface area contributed by atoms with Crippen LogP contribution in [0.5, 0.6) is 0 Å². The second-order valence-corrected chi connectivity index (χ2v) is 3.11. The highest BCUT2D eigenvalue weighted by molar-refractivity contribution is 5.64. The maximum Gasteiger partial charge on any atom is 0.407 e. The molecule has 0 spiro atoms. The molecule has 3 nitrogen and oxygen atoms in total. The molecule has 1 N–H and O–H groups in total. The molecule has 0 bridgehead atoms. The normalized spacial score (nSPS) is 11.6. The molecule has 1 atom stereocenters. The molecule has 0 aromatic carbocycles.